The maximum atomic E-state index is 13.8. The van der Waals surface area contributed by atoms with E-state index in [9.17, 15) is 14.3 Å². The number of halogens is 1. The second-order valence-electron chi connectivity index (χ2n) is 6.02. The predicted octanol–water partition coefficient (Wildman–Crippen LogP) is 2.40. The molecule has 1 aliphatic rings. The number of carbonyl (C=O) groups excluding carboxylic acids is 1. The fourth-order valence-electron chi connectivity index (χ4n) is 3.18. The average Bonchev–Trinajstić information content (AvgIpc) is 3.21. The lowest BCUT2D eigenvalue weighted by molar-refractivity contribution is 0.0853. The van der Waals surface area contributed by atoms with E-state index in [0.717, 1.165) is 11.1 Å². The minimum atomic E-state index is -0.671. The van der Waals surface area contributed by atoms with Crippen LogP contribution in [0.3, 0.4) is 0 Å². The monoisotopic (exact) mass is 337 g/mol. The molecule has 2 aromatic carbocycles. The van der Waals surface area contributed by atoms with Gasteiger partial charge in [-0.15, -0.1) is 0 Å². The fraction of sp³-hybridized carbons (Fsp3) is 0.158. The van der Waals surface area contributed by atoms with Gasteiger partial charge in [-0.3, -0.25) is 4.79 Å². The van der Waals surface area contributed by atoms with Crippen LogP contribution in [0.4, 0.5) is 4.39 Å². The van der Waals surface area contributed by atoms with Crippen molar-refractivity contribution >= 4 is 5.91 Å². The zero-order valence-electron chi connectivity index (χ0n) is 13.3. The van der Waals surface area contributed by atoms with Crippen molar-refractivity contribution in [1.29, 1.82) is 0 Å². The summed E-state index contributed by atoms with van der Waals surface area (Å²) < 4.78 is 15.2. The number of hydrogen-bond donors (Lipinski definition) is 2. The first-order valence-corrected chi connectivity index (χ1v) is 8.01. The number of carbonyl (C=O) groups is 1. The van der Waals surface area contributed by atoms with Gasteiger partial charge in [0.25, 0.3) is 5.91 Å². The molecule has 1 aromatic heterocycles. The van der Waals surface area contributed by atoms with Gasteiger partial charge in [-0.05, 0) is 29.3 Å². The van der Waals surface area contributed by atoms with Crippen LogP contribution in [0.5, 0.6) is 0 Å². The normalized spacial score (nSPS) is 18.8. The molecule has 0 bridgehead atoms. The van der Waals surface area contributed by atoms with E-state index >= 15 is 0 Å². The topological polar surface area (TPSA) is 67.2 Å². The highest BCUT2D eigenvalue weighted by Gasteiger charge is 2.32. The van der Waals surface area contributed by atoms with Gasteiger partial charge in [-0.25, -0.2) is 9.07 Å². The summed E-state index contributed by atoms with van der Waals surface area (Å²) in [6.45, 7) is 0. The Morgan fingerprint density at radius 1 is 1.16 bits per heavy atom. The average molecular weight is 337 g/mol. The summed E-state index contributed by atoms with van der Waals surface area (Å²) in [5.41, 5.74) is 2.38. The van der Waals surface area contributed by atoms with Crippen LogP contribution in [-0.2, 0) is 6.42 Å². The molecule has 6 heteroatoms. The van der Waals surface area contributed by atoms with Gasteiger partial charge < -0.3 is 10.4 Å². The maximum absolute atomic E-state index is 13.8. The van der Waals surface area contributed by atoms with Crippen LogP contribution in [0.2, 0.25) is 0 Å². The van der Waals surface area contributed by atoms with Gasteiger partial charge in [0.15, 0.2) is 5.69 Å². The third-order valence-electron chi connectivity index (χ3n) is 4.41. The molecule has 0 aliphatic heterocycles. The zero-order chi connectivity index (χ0) is 17.4. The van der Waals surface area contributed by atoms with Gasteiger partial charge in [0, 0.05) is 12.6 Å². The Hall–Kier alpha value is -2.99. The maximum Gasteiger partial charge on any atom is 0.272 e. The van der Waals surface area contributed by atoms with Crippen LogP contribution in [0.15, 0.2) is 60.8 Å². The number of aliphatic hydroxyl groups is 1. The van der Waals surface area contributed by atoms with Crippen LogP contribution in [0.1, 0.15) is 27.7 Å². The number of aromatic nitrogens is 2. The molecule has 2 unspecified atom stereocenters. The molecule has 0 saturated carbocycles. The quantitative estimate of drug-likeness (QED) is 0.771. The molecule has 5 nitrogen and oxygen atoms in total. The van der Waals surface area contributed by atoms with Crippen molar-refractivity contribution in [2.45, 2.75) is 18.6 Å². The smallest absolute Gasteiger partial charge is 0.272 e. The van der Waals surface area contributed by atoms with Crippen molar-refractivity contribution < 1.29 is 14.3 Å². The van der Waals surface area contributed by atoms with E-state index in [2.05, 4.69) is 10.4 Å². The highest BCUT2D eigenvalue weighted by molar-refractivity contribution is 5.92. The third kappa shape index (κ3) is 2.81. The van der Waals surface area contributed by atoms with Gasteiger partial charge in [0.1, 0.15) is 11.5 Å². The van der Waals surface area contributed by atoms with E-state index < -0.39 is 23.9 Å². The standard InChI is InChI=1S/C19H16FN3O2/c20-14-7-3-4-8-16(14)23-10-9-15(22-23)19(25)21-18-13-6-2-1-5-12(13)11-17(18)24/h1-10,17-18,24H,11H2,(H,21,25). The van der Waals surface area contributed by atoms with Crippen molar-refractivity contribution in [2.75, 3.05) is 0 Å². The fourth-order valence-corrected chi connectivity index (χ4v) is 3.18. The molecular weight excluding hydrogens is 321 g/mol. The molecule has 3 aromatic rings. The van der Waals surface area contributed by atoms with Crippen LogP contribution in [0.25, 0.3) is 5.69 Å². The first-order chi connectivity index (χ1) is 12.1. The van der Waals surface area contributed by atoms with Gasteiger partial charge in [-0.2, -0.15) is 5.10 Å². The first kappa shape index (κ1) is 15.5. The third-order valence-corrected chi connectivity index (χ3v) is 4.41. The first-order valence-electron chi connectivity index (χ1n) is 8.01. The minimum Gasteiger partial charge on any atom is -0.390 e. The molecule has 0 saturated heterocycles. The minimum absolute atomic E-state index is 0.167. The van der Waals surface area contributed by atoms with Crippen LogP contribution in [-0.4, -0.2) is 26.9 Å². The molecule has 126 valence electrons. The van der Waals surface area contributed by atoms with E-state index in [1.807, 2.05) is 24.3 Å². The van der Waals surface area contributed by atoms with E-state index in [4.69, 9.17) is 0 Å². The van der Waals surface area contributed by atoms with Crippen molar-refractivity contribution in [3.63, 3.8) is 0 Å². The van der Waals surface area contributed by atoms with E-state index in [-0.39, 0.29) is 11.4 Å². The Morgan fingerprint density at radius 2 is 1.92 bits per heavy atom. The van der Waals surface area contributed by atoms with Crippen molar-refractivity contribution in [1.82, 2.24) is 15.1 Å². The van der Waals surface area contributed by atoms with Crippen molar-refractivity contribution in [3.8, 4) is 5.69 Å². The molecule has 0 radical (unpaired) electrons. The molecule has 4 rings (SSSR count). The van der Waals surface area contributed by atoms with Gasteiger partial charge >= 0.3 is 0 Å². The lowest BCUT2D eigenvalue weighted by Gasteiger charge is -2.17. The van der Waals surface area contributed by atoms with E-state index in [1.165, 1.54) is 23.0 Å². The molecule has 1 heterocycles. The van der Waals surface area contributed by atoms with Gasteiger partial charge in [0.05, 0.1) is 12.1 Å². The summed E-state index contributed by atoms with van der Waals surface area (Å²) in [7, 11) is 0. The highest BCUT2D eigenvalue weighted by Crippen LogP contribution is 2.31. The number of nitrogens with zero attached hydrogens (tertiary/aromatic N) is 2. The number of fused-ring (bicyclic) bond motifs is 1. The number of benzene rings is 2. The van der Waals surface area contributed by atoms with E-state index in [0.29, 0.717) is 6.42 Å². The Balaban J connectivity index is 1.56. The second-order valence-corrected chi connectivity index (χ2v) is 6.02. The summed E-state index contributed by atoms with van der Waals surface area (Å²) in [4.78, 5) is 12.5. The molecule has 1 amide bonds. The van der Waals surface area contributed by atoms with Crippen molar-refractivity contribution in [3.05, 3.63) is 83.4 Å². The lowest BCUT2D eigenvalue weighted by atomic mass is 10.1. The molecule has 25 heavy (non-hydrogen) atoms. The SMILES string of the molecule is O=C(NC1c2ccccc2CC1O)c1ccn(-c2ccccc2F)n1. The van der Waals surface area contributed by atoms with Crippen LogP contribution < -0.4 is 5.32 Å². The van der Waals surface area contributed by atoms with Crippen molar-refractivity contribution in [2.24, 2.45) is 0 Å². The Labute approximate surface area is 143 Å². The van der Waals surface area contributed by atoms with Gasteiger partial charge in [-0.1, -0.05) is 36.4 Å². The number of para-hydroxylation sites is 1. The number of amides is 1. The molecular formula is C19H16FN3O2. The lowest BCUT2D eigenvalue weighted by Crippen LogP contribution is -2.34. The second kappa shape index (κ2) is 6.14. The largest absolute Gasteiger partial charge is 0.390 e. The number of aliphatic hydroxyl groups excluding tert-OH is 1. The molecule has 2 N–H and O–H groups in total. The van der Waals surface area contributed by atoms with Crippen LogP contribution in [0, 0.1) is 5.82 Å². The predicted molar refractivity (Wildman–Crippen MR) is 89.9 cm³/mol. The summed E-state index contributed by atoms with van der Waals surface area (Å²) in [6, 6.07) is 14.9. The summed E-state index contributed by atoms with van der Waals surface area (Å²) in [6.07, 6.45) is 1.37. The Morgan fingerprint density at radius 3 is 2.76 bits per heavy atom. The molecule has 2 atom stereocenters. The van der Waals surface area contributed by atoms with Gasteiger partial charge in [0.2, 0.25) is 0 Å². The molecule has 1 aliphatic carbocycles. The molecule has 0 fully saturated rings. The van der Waals surface area contributed by atoms with Crippen LogP contribution >= 0.6 is 0 Å². The van der Waals surface area contributed by atoms with E-state index in [1.54, 1.807) is 18.2 Å². The summed E-state index contributed by atoms with van der Waals surface area (Å²) in [5.74, 6) is -0.825. The number of nitrogens with one attached hydrogen (secondary N) is 1. The Kier molecular flexibility index (Phi) is 3.82. The molecule has 0 spiro atoms. The summed E-state index contributed by atoms with van der Waals surface area (Å²) >= 11 is 0. The summed E-state index contributed by atoms with van der Waals surface area (Å²) in [5, 5.41) is 17.2. The number of hydrogen-bond acceptors (Lipinski definition) is 3. The highest BCUT2D eigenvalue weighted by atomic mass is 19.1. The number of rotatable bonds is 3. The zero-order valence-corrected chi connectivity index (χ0v) is 13.3. The Bertz CT molecular complexity index is 938.